The quantitative estimate of drug-likeness (QED) is 0.580. The molecule has 0 atom stereocenters. The molecule has 1 heterocycles. The molecule has 1 rings (SSSR count). The molecule has 1 aromatic heterocycles. The molecule has 0 aromatic carbocycles. The van der Waals surface area contributed by atoms with Crippen LogP contribution in [0.25, 0.3) is 0 Å². The molecule has 17 heavy (non-hydrogen) atoms. The van der Waals surface area contributed by atoms with Crippen LogP contribution in [0, 0.1) is 0 Å². The van der Waals surface area contributed by atoms with Crippen LogP contribution in [-0.2, 0) is 11.3 Å². The molecular weight excluding hydrogens is 220 g/mol. The highest BCUT2D eigenvalue weighted by molar-refractivity contribution is 5.92. The van der Waals surface area contributed by atoms with Crippen LogP contribution >= 0.6 is 0 Å². The summed E-state index contributed by atoms with van der Waals surface area (Å²) in [6, 6.07) is 3.37. The first-order chi connectivity index (χ1) is 8.13. The molecule has 0 radical (unpaired) electrons. The maximum Gasteiger partial charge on any atom is 0.269 e. The summed E-state index contributed by atoms with van der Waals surface area (Å²) >= 11 is 0. The SMILES string of the molecule is NCc1ccc(C(=O)NCCCC(N)=O)nc1. The molecule has 0 saturated carbocycles. The van der Waals surface area contributed by atoms with Gasteiger partial charge in [-0.05, 0) is 18.1 Å². The van der Waals surface area contributed by atoms with Crippen LogP contribution in [0.2, 0.25) is 0 Å². The van der Waals surface area contributed by atoms with Crippen molar-refractivity contribution < 1.29 is 9.59 Å². The Morgan fingerprint density at radius 1 is 1.35 bits per heavy atom. The fourth-order valence-electron chi connectivity index (χ4n) is 1.23. The number of pyridine rings is 1. The Kier molecular flexibility index (Phi) is 5.09. The Morgan fingerprint density at radius 3 is 2.65 bits per heavy atom. The van der Waals surface area contributed by atoms with Gasteiger partial charge in [0.1, 0.15) is 5.69 Å². The molecule has 0 saturated heterocycles. The molecule has 1 aromatic rings. The van der Waals surface area contributed by atoms with Crippen molar-refractivity contribution in [2.45, 2.75) is 19.4 Å². The standard InChI is InChI=1S/C11H16N4O2/c12-6-8-3-4-9(15-7-8)11(17)14-5-1-2-10(13)16/h3-4,7H,1-2,5-6,12H2,(H2,13,16)(H,14,17). The van der Waals surface area contributed by atoms with E-state index < -0.39 is 0 Å². The van der Waals surface area contributed by atoms with Gasteiger partial charge in [-0.1, -0.05) is 6.07 Å². The fourth-order valence-corrected chi connectivity index (χ4v) is 1.23. The van der Waals surface area contributed by atoms with Gasteiger partial charge >= 0.3 is 0 Å². The number of carbonyl (C=O) groups excluding carboxylic acids is 2. The lowest BCUT2D eigenvalue weighted by Crippen LogP contribution is -2.26. The van der Waals surface area contributed by atoms with Crippen molar-refractivity contribution in [3.05, 3.63) is 29.6 Å². The van der Waals surface area contributed by atoms with Crippen molar-refractivity contribution >= 4 is 11.8 Å². The number of hydrogen-bond acceptors (Lipinski definition) is 4. The molecule has 0 aliphatic rings. The topological polar surface area (TPSA) is 111 Å². The van der Waals surface area contributed by atoms with Gasteiger partial charge in [0, 0.05) is 25.7 Å². The number of nitrogens with two attached hydrogens (primary N) is 2. The molecule has 2 amide bonds. The van der Waals surface area contributed by atoms with Crippen LogP contribution in [0.5, 0.6) is 0 Å². The average Bonchev–Trinajstić information content (AvgIpc) is 2.34. The fraction of sp³-hybridized carbons (Fsp3) is 0.364. The minimum atomic E-state index is -0.371. The molecule has 5 N–H and O–H groups in total. The van der Waals surface area contributed by atoms with Crippen molar-refractivity contribution in [1.82, 2.24) is 10.3 Å². The van der Waals surface area contributed by atoms with E-state index in [0.29, 0.717) is 25.2 Å². The van der Waals surface area contributed by atoms with E-state index in [1.807, 2.05) is 0 Å². The average molecular weight is 236 g/mol. The van der Waals surface area contributed by atoms with Gasteiger partial charge in [-0.2, -0.15) is 0 Å². The number of nitrogens with zero attached hydrogens (tertiary/aromatic N) is 1. The highest BCUT2D eigenvalue weighted by Crippen LogP contribution is 1.99. The minimum absolute atomic E-state index is 0.264. The summed E-state index contributed by atoms with van der Waals surface area (Å²) in [4.78, 5) is 26.0. The number of hydrogen-bond donors (Lipinski definition) is 3. The summed E-state index contributed by atoms with van der Waals surface area (Å²) in [6.07, 6.45) is 2.36. The van der Waals surface area contributed by atoms with E-state index in [1.165, 1.54) is 0 Å². The third-order valence-electron chi connectivity index (χ3n) is 2.18. The second-order valence-corrected chi connectivity index (χ2v) is 3.58. The molecule has 6 heteroatoms. The van der Waals surface area contributed by atoms with Crippen LogP contribution in [0.15, 0.2) is 18.3 Å². The molecule has 6 nitrogen and oxygen atoms in total. The van der Waals surface area contributed by atoms with Crippen LogP contribution in [0.4, 0.5) is 0 Å². The summed E-state index contributed by atoms with van der Waals surface area (Å²) in [5.74, 6) is -0.636. The van der Waals surface area contributed by atoms with Crippen molar-refractivity contribution in [2.24, 2.45) is 11.5 Å². The van der Waals surface area contributed by atoms with E-state index >= 15 is 0 Å². The maximum absolute atomic E-state index is 11.6. The summed E-state index contributed by atoms with van der Waals surface area (Å²) < 4.78 is 0. The molecule has 0 aliphatic carbocycles. The maximum atomic E-state index is 11.6. The second-order valence-electron chi connectivity index (χ2n) is 3.58. The zero-order chi connectivity index (χ0) is 12.7. The van der Waals surface area contributed by atoms with Gasteiger partial charge in [0.05, 0.1) is 0 Å². The molecule has 0 aliphatic heterocycles. The van der Waals surface area contributed by atoms with Crippen molar-refractivity contribution in [2.75, 3.05) is 6.54 Å². The second kappa shape index (κ2) is 6.59. The molecule has 0 bridgehead atoms. The van der Waals surface area contributed by atoms with Crippen molar-refractivity contribution in [1.29, 1.82) is 0 Å². The lowest BCUT2D eigenvalue weighted by atomic mass is 10.2. The van der Waals surface area contributed by atoms with Gasteiger partial charge in [-0.3, -0.25) is 14.6 Å². The lowest BCUT2D eigenvalue weighted by molar-refractivity contribution is -0.118. The van der Waals surface area contributed by atoms with Gasteiger partial charge in [-0.15, -0.1) is 0 Å². The van der Waals surface area contributed by atoms with E-state index in [2.05, 4.69) is 10.3 Å². The Bertz CT molecular complexity index is 389. The Balaban J connectivity index is 2.38. The van der Waals surface area contributed by atoms with Gasteiger partial charge < -0.3 is 16.8 Å². The smallest absolute Gasteiger partial charge is 0.269 e. The van der Waals surface area contributed by atoms with E-state index in [1.54, 1.807) is 18.3 Å². The normalized spacial score (nSPS) is 9.94. The Hall–Kier alpha value is -1.95. The predicted octanol–water partition coefficient (Wildman–Crippen LogP) is -0.464. The molecule has 0 spiro atoms. The first kappa shape index (κ1) is 13.1. The first-order valence-corrected chi connectivity index (χ1v) is 5.35. The largest absolute Gasteiger partial charge is 0.370 e. The number of rotatable bonds is 6. The number of carbonyl (C=O) groups is 2. The zero-order valence-corrected chi connectivity index (χ0v) is 9.48. The number of primary amides is 1. The third kappa shape index (κ3) is 4.60. The summed E-state index contributed by atoms with van der Waals surface area (Å²) in [7, 11) is 0. The van der Waals surface area contributed by atoms with E-state index in [4.69, 9.17) is 11.5 Å². The third-order valence-corrected chi connectivity index (χ3v) is 2.18. The Labute approximate surface area is 99.4 Å². The number of amides is 2. The van der Waals surface area contributed by atoms with Crippen molar-refractivity contribution in [3.8, 4) is 0 Å². The van der Waals surface area contributed by atoms with E-state index in [-0.39, 0.29) is 18.2 Å². The van der Waals surface area contributed by atoms with E-state index in [9.17, 15) is 9.59 Å². The van der Waals surface area contributed by atoms with Gasteiger partial charge in [0.15, 0.2) is 0 Å². The van der Waals surface area contributed by atoms with Gasteiger partial charge in [0.2, 0.25) is 5.91 Å². The van der Waals surface area contributed by atoms with Crippen LogP contribution in [0.1, 0.15) is 28.9 Å². The van der Waals surface area contributed by atoms with E-state index in [0.717, 1.165) is 5.56 Å². The predicted molar refractivity (Wildman–Crippen MR) is 62.9 cm³/mol. The monoisotopic (exact) mass is 236 g/mol. The first-order valence-electron chi connectivity index (χ1n) is 5.35. The van der Waals surface area contributed by atoms with Crippen LogP contribution < -0.4 is 16.8 Å². The van der Waals surface area contributed by atoms with Crippen LogP contribution in [0.3, 0.4) is 0 Å². The highest BCUT2D eigenvalue weighted by atomic mass is 16.2. The molecule has 0 unspecified atom stereocenters. The van der Waals surface area contributed by atoms with Crippen LogP contribution in [-0.4, -0.2) is 23.3 Å². The summed E-state index contributed by atoms with van der Waals surface area (Å²) in [5.41, 5.74) is 11.6. The highest BCUT2D eigenvalue weighted by Gasteiger charge is 2.06. The van der Waals surface area contributed by atoms with Gasteiger partial charge in [-0.25, -0.2) is 0 Å². The summed E-state index contributed by atoms with van der Waals surface area (Å²) in [6.45, 7) is 0.801. The van der Waals surface area contributed by atoms with Gasteiger partial charge in [0.25, 0.3) is 5.91 Å². The minimum Gasteiger partial charge on any atom is -0.370 e. The molecule has 92 valence electrons. The summed E-state index contributed by atoms with van der Waals surface area (Å²) in [5, 5.41) is 2.65. The number of nitrogens with one attached hydrogen (secondary N) is 1. The Morgan fingerprint density at radius 2 is 2.12 bits per heavy atom. The molecule has 0 fully saturated rings. The number of aromatic nitrogens is 1. The molecular formula is C11H16N4O2. The van der Waals surface area contributed by atoms with Crippen molar-refractivity contribution in [3.63, 3.8) is 0 Å². The lowest BCUT2D eigenvalue weighted by Gasteiger charge is -2.04. The zero-order valence-electron chi connectivity index (χ0n) is 9.48.